The molecule has 1 aromatic heterocycles. The zero-order chi connectivity index (χ0) is 19.2. The van der Waals surface area contributed by atoms with Gasteiger partial charge >= 0.3 is 0 Å². The molecule has 2 heterocycles. The Labute approximate surface area is 164 Å². The summed E-state index contributed by atoms with van der Waals surface area (Å²) >= 11 is 6.19. The first-order valence-electron chi connectivity index (χ1n) is 9.30. The van der Waals surface area contributed by atoms with Gasteiger partial charge < -0.3 is 9.84 Å². The van der Waals surface area contributed by atoms with Crippen LogP contribution in [0, 0.1) is 5.92 Å². The SMILES string of the molecule is CC(C)CNC(=O)CN1CCN(Cc2nc(-c3ccccc3Cl)no2)CC1. The van der Waals surface area contributed by atoms with Crippen molar-refractivity contribution in [3.05, 3.63) is 35.2 Å². The van der Waals surface area contributed by atoms with E-state index in [0.717, 1.165) is 38.3 Å². The van der Waals surface area contributed by atoms with Crippen molar-refractivity contribution < 1.29 is 9.32 Å². The van der Waals surface area contributed by atoms with E-state index in [4.69, 9.17) is 16.1 Å². The van der Waals surface area contributed by atoms with Crippen molar-refractivity contribution in [2.24, 2.45) is 5.92 Å². The number of piperazine rings is 1. The van der Waals surface area contributed by atoms with E-state index >= 15 is 0 Å². The topological polar surface area (TPSA) is 74.5 Å². The number of rotatable bonds is 7. The summed E-state index contributed by atoms with van der Waals surface area (Å²) in [7, 11) is 0. The Morgan fingerprint density at radius 2 is 1.93 bits per heavy atom. The van der Waals surface area contributed by atoms with Crippen molar-refractivity contribution in [2.45, 2.75) is 20.4 Å². The number of hydrogen-bond donors (Lipinski definition) is 1. The number of carbonyl (C=O) groups excluding carboxylic acids is 1. The molecule has 1 N–H and O–H groups in total. The zero-order valence-corrected chi connectivity index (χ0v) is 16.6. The summed E-state index contributed by atoms with van der Waals surface area (Å²) in [6.45, 7) is 9.39. The van der Waals surface area contributed by atoms with E-state index in [1.54, 1.807) is 0 Å². The molecule has 1 aromatic carbocycles. The van der Waals surface area contributed by atoms with Crippen LogP contribution in [0.3, 0.4) is 0 Å². The number of halogens is 1. The highest BCUT2D eigenvalue weighted by atomic mass is 35.5. The third kappa shape index (κ3) is 5.76. The number of nitrogens with one attached hydrogen (secondary N) is 1. The summed E-state index contributed by atoms with van der Waals surface area (Å²) in [5, 5.41) is 7.61. The molecular formula is C19H26ClN5O2. The van der Waals surface area contributed by atoms with Crippen molar-refractivity contribution >= 4 is 17.5 Å². The summed E-state index contributed by atoms with van der Waals surface area (Å²) in [4.78, 5) is 20.8. The molecule has 2 aromatic rings. The molecular weight excluding hydrogens is 366 g/mol. The van der Waals surface area contributed by atoms with Crippen molar-refractivity contribution in [3.63, 3.8) is 0 Å². The molecule has 1 fully saturated rings. The van der Waals surface area contributed by atoms with Gasteiger partial charge in [0.15, 0.2) is 0 Å². The smallest absolute Gasteiger partial charge is 0.241 e. The maximum atomic E-state index is 11.9. The highest BCUT2D eigenvalue weighted by molar-refractivity contribution is 6.33. The van der Waals surface area contributed by atoms with Crippen LogP contribution in [0.2, 0.25) is 5.02 Å². The molecule has 0 bridgehead atoms. The lowest BCUT2D eigenvalue weighted by Gasteiger charge is -2.33. The quantitative estimate of drug-likeness (QED) is 0.780. The van der Waals surface area contributed by atoms with Gasteiger partial charge in [-0.1, -0.05) is 42.7 Å². The van der Waals surface area contributed by atoms with Crippen LogP contribution < -0.4 is 5.32 Å². The van der Waals surface area contributed by atoms with E-state index in [0.29, 0.717) is 35.7 Å². The summed E-state index contributed by atoms with van der Waals surface area (Å²) in [6, 6.07) is 7.45. The standard InChI is InChI=1S/C19H26ClN5O2/c1-14(2)11-21-17(26)12-24-7-9-25(10-8-24)13-18-22-19(23-27-18)15-5-3-4-6-16(15)20/h3-6,14H,7-13H2,1-2H3,(H,21,26). The van der Waals surface area contributed by atoms with Crippen molar-refractivity contribution in [1.29, 1.82) is 0 Å². The Bertz CT molecular complexity index is 756. The molecule has 0 unspecified atom stereocenters. The summed E-state index contributed by atoms with van der Waals surface area (Å²) in [5.74, 6) is 1.65. The van der Waals surface area contributed by atoms with Crippen molar-refractivity contribution in [1.82, 2.24) is 25.3 Å². The second kappa shape index (κ2) is 9.30. The number of carbonyl (C=O) groups is 1. The van der Waals surface area contributed by atoms with E-state index in [9.17, 15) is 4.79 Å². The molecule has 1 saturated heterocycles. The molecule has 7 nitrogen and oxygen atoms in total. The van der Waals surface area contributed by atoms with Crippen LogP contribution in [0.15, 0.2) is 28.8 Å². The highest BCUT2D eigenvalue weighted by Crippen LogP contribution is 2.25. The molecule has 146 valence electrons. The Morgan fingerprint density at radius 3 is 2.63 bits per heavy atom. The number of aromatic nitrogens is 2. The highest BCUT2D eigenvalue weighted by Gasteiger charge is 2.21. The van der Waals surface area contributed by atoms with Gasteiger partial charge in [0.25, 0.3) is 0 Å². The molecule has 3 rings (SSSR count). The van der Waals surface area contributed by atoms with Crippen LogP contribution in [-0.4, -0.2) is 65.1 Å². The average Bonchev–Trinajstić information content (AvgIpc) is 3.10. The Balaban J connectivity index is 1.46. The van der Waals surface area contributed by atoms with Crippen LogP contribution in [0.25, 0.3) is 11.4 Å². The molecule has 27 heavy (non-hydrogen) atoms. The van der Waals surface area contributed by atoms with E-state index in [1.165, 1.54) is 0 Å². The fraction of sp³-hybridized carbons (Fsp3) is 0.526. The van der Waals surface area contributed by atoms with Crippen molar-refractivity contribution in [3.8, 4) is 11.4 Å². The minimum absolute atomic E-state index is 0.0958. The van der Waals surface area contributed by atoms with E-state index < -0.39 is 0 Å². The molecule has 0 spiro atoms. The maximum absolute atomic E-state index is 11.9. The normalized spacial score (nSPS) is 16.0. The largest absolute Gasteiger partial charge is 0.355 e. The molecule has 1 aliphatic rings. The monoisotopic (exact) mass is 391 g/mol. The minimum Gasteiger partial charge on any atom is -0.355 e. The predicted octanol–water partition coefficient (Wildman–Crippen LogP) is 2.28. The van der Waals surface area contributed by atoms with Gasteiger partial charge in [0, 0.05) is 38.3 Å². The lowest BCUT2D eigenvalue weighted by Crippen LogP contribution is -2.49. The minimum atomic E-state index is 0.0958. The predicted molar refractivity (Wildman–Crippen MR) is 104 cm³/mol. The molecule has 0 atom stereocenters. The van der Waals surface area contributed by atoms with E-state index in [-0.39, 0.29) is 5.91 Å². The maximum Gasteiger partial charge on any atom is 0.241 e. The summed E-state index contributed by atoms with van der Waals surface area (Å²) in [5.41, 5.74) is 0.770. The average molecular weight is 392 g/mol. The first kappa shape index (κ1) is 19.8. The van der Waals surface area contributed by atoms with Gasteiger partial charge in [0.2, 0.25) is 17.6 Å². The Hall–Kier alpha value is -1.96. The van der Waals surface area contributed by atoms with Crippen LogP contribution in [0.1, 0.15) is 19.7 Å². The van der Waals surface area contributed by atoms with Gasteiger partial charge in [0.05, 0.1) is 18.1 Å². The first-order valence-corrected chi connectivity index (χ1v) is 9.68. The van der Waals surface area contributed by atoms with Crippen LogP contribution in [-0.2, 0) is 11.3 Å². The van der Waals surface area contributed by atoms with Crippen LogP contribution in [0.4, 0.5) is 0 Å². The summed E-state index contributed by atoms with van der Waals surface area (Å²) < 4.78 is 5.38. The first-order chi connectivity index (χ1) is 13.0. The van der Waals surface area contributed by atoms with E-state index in [2.05, 4.69) is 39.1 Å². The van der Waals surface area contributed by atoms with Crippen LogP contribution >= 0.6 is 11.6 Å². The van der Waals surface area contributed by atoms with Gasteiger partial charge in [0.1, 0.15) is 0 Å². The second-order valence-corrected chi connectivity index (χ2v) is 7.65. The second-order valence-electron chi connectivity index (χ2n) is 7.24. The van der Waals surface area contributed by atoms with Gasteiger partial charge in [-0.2, -0.15) is 4.98 Å². The molecule has 0 saturated carbocycles. The molecule has 8 heteroatoms. The van der Waals surface area contributed by atoms with Gasteiger partial charge in [-0.15, -0.1) is 0 Å². The van der Waals surface area contributed by atoms with Crippen molar-refractivity contribution in [2.75, 3.05) is 39.3 Å². The molecule has 0 radical (unpaired) electrons. The lowest BCUT2D eigenvalue weighted by molar-refractivity contribution is -0.122. The third-order valence-electron chi connectivity index (χ3n) is 4.48. The zero-order valence-electron chi connectivity index (χ0n) is 15.8. The Kier molecular flexibility index (Phi) is 6.82. The van der Waals surface area contributed by atoms with Gasteiger partial charge in [-0.05, 0) is 18.1 Å². The van der Waals surface area contributed by atoms with E-state index in [1.807, 2.05) is 24.3 Å². The third-order valence-corrected chi connectivity index (χ3v) is 4.81. The number of benzene rings is 1. The van der Waals surface area contributed by atoms with Gasteiger partial charge in [-0.3, -0.25) is 14.6 Å². The lowest BCUT2D eigenvalue weighted by atomic mass is 10.2. The number of hydrogen-bond acceptors (Lipinski definition) is 6. The number of nitrogens with zero attached hydrogens (tertiary/aromatic N) is 4. The van der Waals surface area contributed by atoms with Crippen LogP contribution in [0.5, 0.6) is 0 Å². The fourth-order valence-corrected chi connectivity index (χ4v) is 3.17. The number of amides is 1. The molecule has 1 aliphatic heterocycles. The van der Waals surface area contributed by atoms with Gasteiger partial charge in [-0.25, -0.2) is 0 Å². The Morgan fingerprint density at radius 1 is 1.22 bits per heavy atom. The molecule has 1 amide bonds. The summed E-state index contributed by atoms with van der Waals surface area (Å²) in [6.07, 6.45) is 0. The molecule has 0 aliphatic carbocycles. The fourth-order valence-electron chi connectivity index (χ4n) is 2.94.